The molecule has 0 atom stereocenters. The highest BCUT2D eigenvalue weighted by Crippen LogP contribution is 2.20. The lowest BCUT2D eigenvalue weighted by atomic mass is 10.2. The highest BCUT2D eigenvalue weighted by Gasteiger charge is 2.08. The maximum absolute atomic E-state index is 6.21. The lowest BCUT2D eigenvalue weighted by Gasteiger charge is -2.21. The molecule has 1 heterocycles. The molecule has 0 aliphatic carbocycles. The number of rotatable bonds is 9. The van der Waals surface area contributed by atoms with Crippen molar-refractivity contribution in [3.63, 3.8) is 0 Å². The molecule has 0 radical (unpaired) electrons. The van der Waals surface area contributed by atoms with E-state index in [4.69, 9.17) is 11.6 Å². The number of aromatic nitrogens is 1. The van der Waals surface area contributed by atoms with Gasteiger partial charge in [0.1, 0.15) is 5.82 Å². The Labute approximate surface area is 127 Å². The second-order valence-electron chi connectivity index (χ2n) is 5.14. The first-order valence-electron chi connectivity index (χ1n) is 6.90. The zero-order chi connectivity index (χ0) is 15.0. The molecule has 110 valence electrons. The van der Waals surface area contributed by atoms with Gasteiger partial charge < -0.3 is 10.2 Å². The van der Waals surface area contributed by atoms with E-state index >= 15 is 0 Å². The average molecular weight is 294 g/mol. The molecule has 0 saturated heterocycles. The fourth-order valence-corrected chi connectivity index (χ4v) is 2.02. The van der Waals surface area contributed by atoms with Crippen molar-refractivity contribution in [2.24, 2.45) is 5.92 Å². The second-order valence-corrected chi connectivity index (χ2v) is 5.55. The minimum atomic E-state index is 0.619. The van der Waals surface area contributed by atoms with Gasteiger partial charge in [-0.3, -0.25) is 0 Å². The molecule has 0 amide bonds. The molecule has 4 heteroatoms. The number of halogens is 1. The van der Waals surface area contributed by atoms with Crippen molar-refractivity contribution < 1.29 is 0 Å². The van der Waals surface area contributed by atoms with Gasteiger partial charge in [-0.1, -0.05) is 37.6 Å². The van der Waals surface area contributed by atoms with Gasteiger partial charge >= 0.3 is 0 Å². The van der Waals surface area contributed by atoms with E-state index in [-0.39, 0.29) is 0 Å². The number of nitrogens with zero attached hydrogens (tertiary/aromatic N) is 2. The Bertz CT molecular complexity index is 433. The highest BCUT2D eigenvalue weighted by atomic mass is 35.5. The Morgan fingerprint density at radius 1 is 1.35 bits per heavy atom. The van der Waals surface area contributed by atoms with Gasteiger partial charge in [0.2, 0.25) is 0 Å². The quantitative estimate of drug-likeness (QED) is 0.704. The molecule has 0 spiro atoms. The van der Waals surface area contributed by atoms with Crippen LogP contribution in [-0.4, -0.2) is 24.6 Å². The van der Waals surface area contributed by atoms with Crippen LogP contribution >= 0.6 is 11.6 Å². The first kappa shape index (κ1) is 16.7. The van der Waals surface area contributed by atoms with Gasteiger partial charge in [0, 0.05) is 25.8 Å². The summed E-state index contributed by atoms with van der Waals surface area (Å²) in [6, 6.07) is 2.03. The van der Waals surface area contributed by atoms with Gasteiger partial charge in [-0.2, -0.15) is 0 Å². The Morgan fingerprint density at radius 3 is 2.55 bits per heavy atom. The summed E-state index contributed by atoms with van der Waals surface area (Å²) in [4.78, 5) is 6.49. The molecule has 1 rings (SSSR count). The first-order valence-corrected chi connectivity index (χ1v) is 7.28. The third kappa shape index (κ3) is 5.35. The summed E-state index contributed by atoms with van der Waals surface area (Å²) >= 11 is 6.21. The number of nitrogens with one attached hydrogen (secondary N) is 1. The molecule has 0 bridgehead atoms. The minimum Gasteiger partial charge on any atom is -0.349 e. The minimum absolute atomic E-state index is 0.619. The van der Waals surface area contributed by atoms with Gasteiger partial charge in [-0.15, -0.1) is 13.2 Å². The fourth-order valence-electron chi connectivity index (χ4n) is 1.84. The zero-order valence-electron chi connectivity index (χ0n) is 12.4. The van der Waals surface area contributed by atoms with Crippen molar-refractivity contribution in [1.29, 1.82) is 0 Å². The van der Waals surface area contributed by atoms with Crippen molar-refractivity contribution in [2.45, 2.75) is 20.4 Å². The number of hydrogen-bond acceptors (Lipinski definition) is 3. The average Bonchev–Trinajstić information content (AvgIpc) is 2.40. The molecule has 1 N–H and O–H groups in total. The van der Waals surface area contributed by atoms with E-state index in [0.29, 0.717) is 10.9 Å². The van der Waals surface area contributed by atoms with Gasteiger partial charge in [-0.05, 0) is 24.1 Å². The van der Waals surface area contributed by atoms with Crippen LogP contribution in [0.25, 0.3) is 0 Å². The topological polar surface area (TPSA) is 28.2 Å². The number of hydrogen-bond donors (Lipinski definition) is 1. The van der Waals surface area contributed by atoms with Crippen LogP contribution in [0, 0.1) is 5.92 Å². The molecule has 0 aliphatic heterocycles. The largest absolute Gasteiger partial charge is 0.349 e. The SMILES string of the molecule is C=CCN(CC=C)c1cc(CNCC(C)C)c(Cl)cn1. The predicted molar refractivity (Wildman–Crippen MR) is 88.4 cm³/mol. The standard InChI is InChI=1S/C16H24ClN3/c1-5-7-20(8-6-2)16-9-14(15(17)12-19-16)11-18-10-13(3)4/h5-6,9,12-13,18H,1-2,7-8,10-11H2,3-4H3. The Kier molecular flexibility index (Phi) is 7.34. The van der Waals surface area contributed by atoms with Crippen LogP contribution in [0.2, 0.25) is 5.02 Å². The van der Waals surface area contributed by atoms with Gasteiger partial charge in [0.05, 0.1) is 5.02 Å². The summed E-state index contributed by atoms with van der Waals surface area (Å²) in [6.45, 7) is 15.1. The van der Waals surface area contributed by atoms with Crippen molar-refractivity contribution in [2.75, 3.05) is 24.5 Å². The lowest BCUT2D eigenvalue weighted by Crippen LogP contribution is -2.25. The third-order valence-corrected chi connectivity index (χ3v) is 3.15. The lowest BCUT2D eigenvalue weighted by molar-refractivity contribution is 0.552. The van der Waals surface area contributed by atoms with E-state index in [2.05, 4.69) is 42.2 Å². The van der Waals surface area contributed by atoms with Crippen LogP contribution in [-0.2, 0) is 6.54 Å². The van der Waals surface area contributed by atoms with E-state index in [1.807, 2.05) is 18.2 Å². The number of anilines is 1. The molecule has 0 aliphatic rings. The van der Waals surface area contributed by atoms with Crippen molar-refractivity contribution in [3.8, 4) is 0 Å². The maximum Gasteiger partial charge on any atom is 0.129 e. The van der Waals surface area contributed by atoms with E-state index in [0.717, 1.165) is 37.6 Å². The highest BCUT2D eigenvalue weighted by molar-refractivity contribution is 6.31. The Hall–Kier alpha value is -1.32. The van der Waals surface area contributed by atoms with E-state index in [1.54, 1.807) is 6.20 Å². The molecule has 1 aromatic heterocycles. The molecule has 20 heavy (non-hydrogen) atoms. The van der Waals surface area contributed by atoms with Crippen LogP contribution in [0.3, 0.4) is 0 Å². The van der Waals surface area contributed by atoms with E-state index in [1.165, 1.54) is 0 Å². The Morgan fingerprint density at radius 2 is 2.00 bits per heavy atom. The summed E-state index contributed by atoms with van der Waals surface area (Å²) in [6.07, 6.45) is 5.43. The predicted octanol–water partition coefficient (Wildman–Crippen LogP) is 3.66. The normalized spacial score (nSPS) is 10.6. The monoisotopic (exact) mass is 293 g/mol. The van der Waals surface area contributed by atoms with Gasteiger partial charge in [0.15, 0.2) is 0 Å². The fraction of sp³-hybridized carbons (Fsp3) is 0.438. The molecular weight excluding hydrogens is 270 g/mol. The van der Waals surface area contributed by atoms with Crippen LogP contribution in [0.5, 0.6) is 0 Å². The smallest absolute Gasteiger partial charge is 0.129 e. The first-order chi connectivity index (χ1) is 9.58. The zero-order valence-corrected chi connectivity index (χ0v) is 13.2. The summed E-state index contributed by atoms with van der Waals surface area (Å²) in [5.74, 6) is 1.52. The second kappa shape index (κ2) is 8.77. The molecule has 0 saturated carbocycles. The summed E-state index contributed by atoms with van der Waals surface area (Å²) in [5.41, 5.74) is 1.07. The summed E-state index contributed by atoms with van der Waals surface area (Å²) in [7, 11) is 0. The molecule has 0 unspecified atom stereocenters. The van der Waals surface area contributed by atoms with Crippen molar-refractivity contribution in [3.05, 3.63) is 48.2 Å². The van der Waals surface area contributed by atoms with Crippen molar-refractivity contribution in [1.82, 2.24) is 10.3 Å². The summed E-state index contributed by atoms with van der Waals surface area (Å²) in [5, 5.41) is 4.10. The maximum atomic E-state index is 6.21. The molecule has 0 aromatic carbocycles. The van der Waals surface area contributed by atoms with Crippen LogP contribution in [0.1, 0.15) is 19.4 Å². The van der Waals surface area contributed by atoms with E-state index in [9.17, 15) is 0 Å². The van der Waals surface area contributed by atoms with E-state index < -0.39 is 0 Å². The van der Waals surface area contributed by atoms with Crippen molar-refractivity contribution >= 4 is 17.4 Å². The Balaban J connectivity index is 2.82. The van der Waals surface area contributed by atoms with Crippen LogP contribution in [0.4, 0.5) is 5.82 Å². The van der Waals surface area contributed by atoms with Gasteiger partial charge in [-0.25, -0.2) is 4.98 Å². The van der Waals surface area contributed by atoms with Crippen LogP contribution < -0.4 is 10.2 Å². The molecular formula is C16H24ClN3. The molecule has 3 nitrogen and oxygen atoms in total. The van der Waals surface area contributed by atoms with Crippen LogP contribution in [0.15, 0.2) is 37.6 Å². The van der Waals surface area contributed by atoms with Gasteiger partial charge in [0.25, 0.3) is 0 Å². The summed E-state index contributed by atoms with van der Waals surface area (Å²) < 4.78 is 0. The third-order valence-electron chi connectivity index (χ3n) is 2.81. The number of pyridine rings is 1. The molecule has 0 fully saturated rings. The molecule has 1 aromatic rings.